The zero-order chi connectivity index (χ0) is 12.3. The van der Waals surface area contributed by atoms with Gasteiger partial charge in [0, 0.05) is 18.8 Å². The number of thiophene rings is 1. The van der Waals surface area contributed by atoms with Gasteiger partial charge in [-0.15, -0.1) is 11.3 Å². The normalized spacial score (nSPS) is 10.2. The second kappa shape index (κ2) is 4.97. The minimum Gasteiger partial charge on any atom is -0.320 e. The van der Waals surface area contributed by atoms with Crippen molar-refractivity contribution in [3.63, 3.8) is 0 Å². The molecule has 0 aliphatic carbocycles. The first-order chi connectivity index (χ1) is 8.20. The standard InChI is InChI=1S/C12H12N2O2S/c1-2-14-8-9(5-6-11(14)15)13-12(16)10-4-3-7-17-10/h3-8H,2H2,1H3,(H,13,16). The van der Waals surface area contributed by atoms with Gasteiger partial charge in [-0.1, -0.05) is 6.07 Å². The maximum Gasteiger partial charge on any atom is 0.265 e. The van der Waals surface area contributed by atoms with Crippen molar-refractivity contribution in [2.24, 2.45) is 0 Å². The van der Waals surface area contributed by atoms with Crippen molar-refractivity contribution in [3.8, 4) is 0 Å². The lowest BCUT2D eigenvalue weighted by Gasteiger charge is -2.06. The van der Waals surface area contributed by atoms with Gasteiger partial charge in [-0.3, -0.25) is 9.59 Å². The number of nitrogens with zero attached hydrogens (tertiary/aromatic N) is 1. The Morgan fingerprint density at radius 2 is 2.24 bits per heavy atom. The molecule has 88 valence electrons. The van der Waals surface area contributed by atoms with Gasteiger partial charge in [0.05, 0.1) is 10.6 Å². The van der Waals surface area contributed by atoms with Gasteiger partial charge in [0.15, 0.2) is 0 Å². The van der Waals surface area contributed by atoms with Crippen LogP contribution in [-0.4, -0.2) is 10.5 Å². The van der Waals surface area contributed by atoms with E-state index < -0.39 is 0 Å². The summed E-state index contributed by atoms with van der Waals surface area (Å²) in [6.07, 6.45) is 1.65. The third-order valence-corrected chi connectivity index (χ3v) is 3.20. The van der Waals surface area contributed by atoms with E-state index in [0.29, 0.717) is 17.1 Å². The molecule has 2 aromatic rings. The van der Waals surface area contributed by atoms with Crippen LogP contribution in [0, 0.1) is 0 Å². The third kappa shape index (κ3) is 2.62. The van der Waals surface area contributed by atoms with Crippen LogP contribution in [0.5, 0.6) is 0 Å². The SMILES string of the molecule is CCn1cc(NC(=O)c2cccs2)ccc1=O. The van der Waals surface area contributed by atoms with Crippen LogP contribution in [0.15, 0.2) is 40.6 Å². The summed E-state index contributed by atoms with van der Waals surface area (Å²) in [6.45, 7) is 2.47. The number of carbonyl (C=O) groups is 1. The number of aromatic nitrogens is 1. The summed E-state index contributed by atoms with van der Waals surface area (Å²) in [7, 11) is 0. The summed E-state index contributed by atoms with van der Waals surface area (Å²) < 4.78 is 1.55. The molecule has 0 aliphatic heterocycles. The Morgan fingerprint density at radius 3 is 2.88 bits per heavy atom. The van der Waals surface area contributed by atoms with Crippen LogP contribution in [0.3, 0.4) is 0 Å². The van der Waals surface area contributed by atoms with Gasteiger partial charge >= 0.3 is 0 Å². The highest BCUT2D eigenvalue weighted by Crippen LogP contribution is 2.12. The zero-order valence-corrected chi connectivity index (χ0v) is 10.2. The Bertz CT molecular complexity index is 572. The number of hydrogen-bond acceptors (Lipinski definition) is 3. The third-order valence-electron chi connectivity index (χ3n) is 2.33. The predicted molar refractivity (Wildman–Crippen MR) is 68.6 cm³/mol. The molecule has 2 rings (SSSR count). The van der Waals surface area contributed by atoms with Crippen molar-refractivity contribution in [3.05, 3.63) is 51.1 Å². The molecule has 1 N–H and O–H groups in total. The largest absolute Gasteiger partial charge is 0.320 e. The Morgan fingerprint density at radius 1 is 1.41 bits per heavy atom. The van der Waals surface area contributed by atoms with E-state index in [1.807, 2.05) is 18.4 Å². The first-order valence-corrected chi connectivity index (χ1v) is 6.14. The lowest BCUT2D eigenvalue weighted by atomic mass is 10.3. The van der Waals surface area contributed by atoms with Crippen LogP contribution in [0.1, 0.15) is 16.6 Å². The Hall–Kier alpha value is -1.88. The van der Waals surface area contributed by atoms with Gasteiger partial charge in [0.25, 0.3) is 11.5 Å². The average Bonchev–Trinajstić information content (AvgIpc) is 2.85. The topological polar surface area (TPSA) is 51.1 Å². The van der Waals surface area contributed by atoms with Crippen LogP contribution in [0.4, 0.5) is 5.69 Å². The quantitative estimate of drug-likeness (QED) is 0.905. The lowest BCUT2D eigenvalue weighted by molar-refractivity contribution is 0.103. The molecule has 0 spiro atoms. The molecule has 0 aromatic carbocycles. The first-order valence-electron chi connectivity index (χ1n) is 5.26. The molecule has 0 fully saturated rings. The van der Waals surface area contributed by atoms with Crippen LogP contribution in [-0.2, 0) is 6.54 Å². The van der Waals surface area contributed by atoms with Crippen LogP contribution < -0.4 is 10.9 Å². The number of amides is 1. The number of aryl methyl sites for hydroxylation is 1. The Balaban J connectivity index is 2.19. The fourth-order valence-corrected chi connectivity index (χ4v) is 2.07. The molecule has 0 saturated carbocycles. The summed E-state index contributed by atoms with van der Waals surface area (Å²) in [5.41, 5.74) is 0.562. The summed E-state index contributed by atoms with van der Waals surface area (Å²) in [4.78, 5) is 23.8. The number of rotatable bonds is 3. The molecule has 4 nitrogen and oxygen atoms in total. The second-order valence-electron chi connectivity index (χ2n) is 3.47. The molecule has 0 radical (unpaired) electrons. The molecule has 1 amide bonds. The van der Waals surface area contributed by atoms with Gasteiger partial charge < -0.3 is 9.88 Å². The van der Waals surface area contributed by atoms with Gasteiger partial charge in [-0.2, -0.15) is 0 Å². The first kappa shape index (κ1) is 11.6. The number of anilines is 1. The zero-order valence-electron chi connectivity index (χ0n) is 9.34. The van der Waals surface area contributed by atoms with E-state index in [0.717, 1.165) is 0 Å². The second-order valence-corrected chi connectivity index (χ2v) is 4.42. The molecule has 2 heterocycles. The van der Waals surface area contributed by atoms with Crippen molar-refractivity contribution in [2.75, 3.05) is 5.32 Å². The van der Waals surface area contributed by atoms with E-state index in [9.17, 15) is 9.59 Å². The van der Waals surface area contributed by atoms with E-state index in [-0.39, 0.29) is 11.5 Å². The highest BCUT2D eigenvalue weighted by Gasteiger charge is 2.07. The number of carbonyl (C=O) groups excluding carboxylic acids is 1. The molecule has 0 unspecified atom stereocenters. The molecular formula is C12H12N2O2S. The van der Waals surface area contributed by atoms with Gasteiger partial charge in [-0.25, -0.2) is 0 Å². The summed E-state index contributed by atoms with van der Waals surface area (Å²) in [6, 6.07) is 6.65. The average molecular weight is 248 g/mol. The Kier molecular flexibility index (Phi) is 3.39. The van der Waals surface area contributed by atoms with Crippen molar-refractivity contribution in [1.82, 2.24) is 4.57 Å². The molecule has 2 aromatic heterocycles. The maximum absolute atomic E-state index is 11.8. The van der Waals surface area contributed by atoms with Crippen molar-refractivity contribution in [2.45, 2.75) is 13.5 Å². The summed E-state index contributed by atoms with van der Waals surface area (Å²) in [5, 5.41) is 4.61. The predicted octanol–water partition coefficient (Wildman–Crippen LogP) is 2.18. The molecular weight excluding hydrogens is 236 g/mol. The molecule has 0 saturated heterocycles. The van der Waals surface area contributed by atoms with Crippen molar-refractivity contribution >= 4 is 22.9 Å². The smallest absolute Gasteiger partial charge is 0.265 e. The van der Waals surface area contributed by atoms with E-state index >= 15 is 0 Å². The number of pyridine rings is 1. The Labute approximate surface area is 103 Å². The maximum atomic E-state index is 11.8. The van der Waals surface area contributed by atoms with E-state index in [4.69, 9.17) is 0 Å². The minimum absolute atomic E-state index is 0.0679. The molecule has 0 aliphatic rings. The molecule has 5 heteroatoms. The van der Waals surface area contributed by atoms with Gasteiger partial charge in [0.1, 0.15) is 0 Å². The summed E-state index contributed by atoms with van der Waals surface area (Å²) >= 11 is 1.38. The fraction of sp³-hybridized carbons (Fsp3) is 0.167. The highest BCUT2D eigenvalue weighted by molar-refractivity contribution is 7.12. The summed E-state index contributed by atoms with van der Waals surface area (Å²) in [5.74, 6) is -0.152. The van der Waals surface area contributed by atoms with Crippen LogP contribution in [0.25, 0.3) is 0 Å². The number of nitrogens with one attached hydrogen (secondary N) is 1. The van der Waals surface area contributed by atoms with Gasteiger partial charge in [-0.05, 0) is 24.4 Å². The monoisotopic (exact) mass is 248 g/mol. The molecule has 0 bridgehead atoms. The van der Waals surface area contributed by atoms with Crippen molar-refractivity contribution in [1.29, 1.82) is 0 Å². The van der Waals surface area contributed by atoms with E-state index in [1.165, 1.54) is 17.4 Å². The highest BCUT2D eigenvalue weighted by atomic mass is 32.1. The van der Waals surface area contributed by atoms with Crippen LogP contribution >= 0.6 is 11.3 Å². The minimum atomic E-state index is -0.152. The van der Waals surface area contributed by atoms with Crippen molar-refractivity contribution < 1.29 is 4.79 Å². The van der Waals surface area contributed by atoms with E-state index in [2.05, 4.69) is 5.32 Å². The number of hydrogen-bond donors (Lipinski definition) is 1. The lowest BCUT2D eigenvalue weighted by Crippen LogP contribution is -2.19. The van der Waals surface area contributed by atoms with E-state index in [1.54, 1.807) is 22.9 Å². The molecule has 0 atom stereocenters. The van der Waals surface area contributed by atoms with Crippen LogP contribution in [0.2, 0.25) is 0 Å². The molecule has 17 heavy (non-hydrogen) atoms. The fourth-order valence-electron chi connectivity index (χ4n) is 1.45. The van der Waals surface area contributed by atoms with Gasteiger partial charge in [0.2, 0.25) is 0 Å².